The van der Waals surface area contributed by atoms with Crippen LogP contribution < -0.4 is 0 Å². The van der Waals surface area contributed by atoms with Gasteiger partial charge in [0.1, 0.15) is 0 Å². The molecule has 0 fully saturated rings. The van der Waals surface area contributed by atoms with E-state index in [0.717, 1.165) is 13.1 Å². The Bertz CT molecular complexity index is 304. The van der Waals surface area contributed by atoms with Gasteiger partial charge in [-0.3, -0.25) is 0 Å². The van der Waals surface area contributed by atoms with Crippen LogP contribution in [0.15, 0.2) is 18.2 Å². The lowest BCUT2D eigenvalue weighted by Crippen LogP contribution is -2.17. The summed E-state index contributed by atoms with van der Waals surface area (Å²) in [7, 11) is 2.17. The van der Waals surface area contributed by atoms with Gasteiger partial charge in [0.05, 0.1) is 0 Å². The van der Waals surface area contributed by atoms with Crippen molar-refractivity contribution >= 4 is 0 Å². The number of nitrogens with zero attached hydrogens (tertiary/aromatic N) is 1. The van der Waals surface area contributed by atoms with Crippen molar-refractivity contribution in [3.63, 3.8) is 0 Å². The van der Waals surface area contributed by atoms with Gasteiger partial charge in [-0.15, -0.1) is 0 Å². The van der Waals surface area contributed by atoms with E-state index in [9.17, 15) is 0 Å². The Balaban J connectivity index is 2.80. The molecule has 0 radical (unpaired) electrons. The van der Waals surface area contributed by atoms with Gasteiger partial charge in [-0.25, -0.2) is 0 Å². The maximum Gasteiger partial charge on any atom is 0.0233 e. The summed E-state index contributed by atoms with van der Waals surface area (Å²) < 4.78 is 0. The Hall–Kier alpha value is -0.820. The summed E-state index contributed by atoms with van der Waals surface area (Å²) in [5.41, 5.74) is 4.36. The van der Waals surface area contributed by atoms with Crippen LogP contribution in [-0.2, 0) is 13.0 Å². The largest absolute Gasteiger partial charge is 0.302 e. The van der Waals surface area contributed by atoms with Crippen LogP contribution in [0.25, 0.3) is 0 Å². The molecular weight excluding hydrogens is 182 g/mol. The SMILES string of the molecule is CCCc1ccc(C)c(CN(C)CC)c1. The maximum atomic E-state index is 2.37. The molecule has 0 atom stereocenters. The first-order chi connectivity index (χ1) is 7.17. The molecule has 0 spiro atoms. The molecule has 0 aromatic heterocycles. The zero-order chi connectivity index (χ0) is 11.3. The summed E-state index contributed by atoms with van der Waals surface area (Å²) in [4.78, 5) is 2.35. The van der Waals surface area contributed by atoms with Crippen LogP contribution >= 0.6 is 0 Å². The van der Waals surface area contributed by atoms with Gasteiger partial charge in [0.2, 0.25) is 0 Å². The lowest BCUT2D eigenvalue weighted by Gasteiger charge is -2.16. The Morgan fingerprint density at radius 2 is 1.93 bits per heavy atom. The molecular formula is C14H23N. The lowest BCUT2D eigenvalue weighted by molar-refractivity contribution is 0.345. The number of benzene rings is 1. The predicted molar refractivity (Wildman–Crippen MR) is 67.2 cm³/mol. The van der Waals surface area contributed by atoms with Crippen molar-refractivity contribution in [2.75, 3.05) is 13.6 Å². The Kier molecular flexibility index (Phi) is 4.83. The highest BCUT2D eigenvalue weighted by atomic mass is 15.1. The van der Waals surface area contributed by atoms with E-state index in [-0.39, 0.29) is 0 Å². The van der Waals surface area contributed by atoms with E-state index >= 15 is 0 Å². The van der Waals surface area contributed by atoms with Gasteiger partial charge in [0, 0.05) is 6.54 Å². The fourth-order valence-corrected chi connectivity index (χ4v) is 1.74. The van der Waals surface area contributed by atoms with Crippen molar-refractivity contribution in [1.29, 1.82) is 0 Å². The Morgan fingerprint density at radius 3 is 2.53 bits per heavy atom. The van der Waals surface area contributed by atoms with E-state index in [2.05, 4.69) is 50.9 Å². The highest BCUT2D eigenvalue weighted by molar-refractivity contribution is 5.31. The van der Waals surface area contributed by atoms with Crippen LogP contribution in [0.5, 0.6) is 0 Å². The normalized spacial score (nSPS) is 11.0. The number of rotatable bonds is 5. The molecule has 0 aliphatic rings. The summed E-state index contributed by atoms with van der Waals surface area (Å²) in [5, 5.41) is 0. The minimum atomic E-state index is 1.07. The minimum absolute atomic E-state index is 1.07. The van der Waals surface area contributed by atoms with Crippen molar-refractivity contribution in [3.05, 3.63) is 34.9 Å². The first-order valence-electron chi connectivity index (χ1n) is 5.94. The second-order valence-electron chi connectivity index (χ2n) is 4.34. The van der Waals surface area contributed by atoms with Gasteiger partial charge in [0.15, 0.2) is 0 Å². The standard InChI is InChI=1S/C14H23N/c1-5-7-13-9-8-12(3)14(10-13)11-15(4)6-2/h8-10H,5-7,11H2,1-4H3. The molecule has 1 rings (SSSR count). The lowest BCUT2D eigenvalue weighted by atomic mass is 10.0. The summed E-state index contributed by atoms with van der Waals surface area (Å²) in [6, 6.07) is 6.88. The molecule has 15 heavy (non-hydrogen) atoms. The average molecular weight is 205 g/mol. The topological polar surface area (TPSA) is 3.24 Å². The fourth-order valence-electron chi connectivity index (χ4n) is 1.74. The van der Waals surface area contributed by atoms with E-state index in [0.29, 0.717) is 0 Å². The highest BCUT2D eigenvalue weighted by Crippen LogP contribution is 2.14. The van der Waals surface area contributed by atoms with Crippen LogP contribution in [0.4, 0.5) is 0 Å². The second-order valence-corrected chi connectivity index (χ2v) is 4.34. The molecule has 0 amide bonds. The fraction of sp³-hybridized carbons (Fsp3) is 0.571. The van der Waals surface area contributed by atoms with E-state index in [1.165, 1.54) is 29.5 Å². The van der Waals surface area contributed by atoms with Gasteiger partial charge >= 0.3 is 0 Å². The monoisotopic (exact) mass is 205 g/mol. The molecule has 1 nitrogen and oxygen atoms in total. The molecule has 1 aromatic carbocycles. The highest BCUT2D eigenvalue weighted by Gasteiger charge is 2.02. The van der Waals surface area contributed by atoms with Gasteiger partial charge < -0.3 is 4.90 Å². The summed E-state index contributed by atoms with van der Waals surface area (Å²) in [6.07, 6.45) is 2.43. The van der Waals surface area contributed by atoms with Gasteiger partial charge in [-0.2, -0.15) is 0 Å². The van der Waals surface area contributed by atoms with Crippen LogP contribution in [-0.4, -0.2) is 18.5 Å². The molecule has 0 saturated carbocycles. The zero-order valence-corrected chi connectivity index (χ0v) is 10.5. The first kappa shape index (κ1) is 12.3. The molecule has 1 heteroatoms. The van der Waals surface area contributed by atoms with Gasteiger partial charge in [-0.1, -0.05) is 38.5 Å². The van der Waals surface area contributed by atoms with Crippen LogP contribution in [0.2, 0.25) is 0 Å². The van der Waals surface area contributed by atoms with Crippen LogP contribution in [0, 0.1) is 6.92 Å². The Morgan fingerprint density at radius 1 is 1.20 bits per heavy atom. The molecule has 0 N–H and O–H groups in total. The third-order valence-electron chi connectivity index (χ3n) is 2.93. The third-order valence-corrected chi connectivity index (χ3v) is 2.93. The molecule has 84 valence electrons. The molecule has 0 bridgehead atoms. The Labute approximate surface area is 94.1 Å². The minimum Gasteiger partial charge on any atom is -0.302 e. The van der Waals surface area contributed by atoms with Crippen molar-refractivity contribution in [2.45, 2.75) is 40.2 Å². The van der Waals surface area contributed by atoms with E-state index in [4.69, 9.17) is 0 Å². The van der Waals surface area contributed by atoms with Crippen molar-refractivity contribution in [1.82, 2.24) is 4.90 Å². The molecule has 0 aliphatic heterocycles. The van der Waals surface area contributed by atoms with E-state index in [1.54, 1.807) is 0 Å². The van der Waals surface area contributed by atoms with E-state index in [1.807, 2.05) is 0 Å². The van der Waals surface area contributed by atoms with Crippen molar-refractivity contribution in [3.8, 4) is 0 Å². The zero-order valence-electron chi connectivity index (χ0n) is 10.5. The number of hydrogen-bond acceptors (Lipinski definition) is 1. The molecule has 0 aliphatic carbocycles. The molecule has 1 aromatic rings. The molecule has 0 heterocycles. The summed E-state index contributed by atoms with van der Waals surface area (Å²) in [5.74, 6) is 0. The molecule has 0 saturated heterocycles. The summed E-state index contributed by atoms with van der Waals surface area (Å²) >= 11 is 0. The van der Waals surface area contributed by atoms with Crippen molar-refractivity contribution in [2.24, 2.45) is 0 Å². The second kappa shape index (κ2) is 5.92. The van der Waals surface area contributed by atoms with Gasteiger partial charge in [-0.05, 0) is 43.6 Å². The summed E-state index contributed by atoms with van der Waals surface area (Å²) in [6.45, 7) is 8.81. The third kappa shape index (κ3) is 3.67. The maximum absolute atomic E-state index is 2.37. The number of aryl methyl sites for hydroxylation is 2. The number of hydrogen-bond donors (Lipinski definition) is 0. The van der Waals surface area contributed by atoms with Crippen LogP contribution in [0.3, 0.4) is 0 Å². The van der Waals surface area contributed by atoms with E-state index < -0.39 is 0 Å². The predicted octanol–water partition coefficient (Wildman–Crippen LogP) is 3.40. The average Bonchev–Trinajstić information content (AvgIpc) is 2.23. The van der Waals surface area contributed by atoms with Gasteiger partial charge in [0.25, 0.3) is 0 Å². The van der Waals surface area contributed by atoms with Crippen molar-refractivity contribution < 1.29 is 0 Å². The quantitative estimate of drug-likeness (QED) is 0.712. The molecule has 0 unspecified atom stereocenters. The first-order valence-corrected chi connectivity index (χ1v) is 5.94. The van der Waals surface area contributed by atoms with Crippen LogP contribution in [0.1, 0.15) is 37.0 Å². The smallest absolute Gasteiger partial charge is 0.0233 e.